The maximum absolute atomic E-state index is 13.0. The van der Waals surface area contributed by atoms with Gasteiger partial charge in [-0.25, -0.2) is 0 Å². The molecule has 3 aromatic rings. The molecule has 3 aromatic carbocycles. The summed E-state index contributed by atoms with van der Waals surface area (Å²) in [7, 11) is 2.04. The van der Waals surface area contributed by atoms with Crippen LogP contribution >= 0.6 is 0 Å². The van der Waals surface area contributed by atoms with E-state index in [2.05, 4.69) is 22.3 Å². The zero-order chi connectivity index (χ0) is 31.3. The summed E-state index contributed by atoms with van der Waals surface area (Å²) in [4.78, 5) is 27.4. The highest BCUT2D eigenvalue weighted by Crippen LogP contribution is 2.38. The van der Waals surface area contributed by atoms with Gasteiger partial charge in [0.05, 0.1) is 18.8 Å². The number of hydrogen-bond acceptors (Lipinski definition) is 6. The fourth-order valence-corrected chi connectivity index (χ4v) is 5.73. The first-order valence-corrected chi connectivity index (χ1v) is 14.6. The van der Waals surface area contributed by atoms with E-state index in [0.29, 0.717) is 35.5 Å². The lowest BCUT2D eigenvalue weighted by Crippen LogP contribution is -2.48. The average molecular weight is 612 g/mol. The van der Waals surface area contributed by atoms with Crippen LogP contribution in [0, 0.1) is 0 Å². The minimum absolute atomic E-state index is 0.0508. The summed E-state index contributed by atoms with van der Waals surface area (Å²) in [6, 6.07) is 23.4. The van der Waals surface area contributed by atoms with Crippen molar-refractivity contribution < 1.29 is 37.3 Å². The molecule has 2 saturated heterocycles. The van der Waals surface area contributed by atoms with Gasteiger partial charge in [-0.1, -0.05) is 66.7 Å². The molecule has 2 fully saturated rings. The fraction of sp³-hybridized carbons (Fsp3) is 0.394. The van der Waals surface area contributed by atoms with E-state index in [-0.39, 0.29) is 31.8 Å². The lowest BCUT2D eigenvalue weighted by atomic mass is 9.99. The molecule has 0 bridgehead atoms. The van der Waals surface area contributed by atoms with Crippen LogP contribution in [0.15, 0.2) is 78.9 Å². The summed E-state index contributed by atoms with van der Waals surface area (Å²) in [6.07, 6.45) is -5.06. The topological polar surface area (TPSA) is 91.3 Å². The molecule has 8 nitrogen and oxygen atoms in total. The van der Waals surface area contributed by atoms with Crippen molar-refractivity contribution in [1.82, 2.24) is 9.80 Å². The Morgan fingerprint density at radius 3 is 2.30 bits per heavy atom. The van der Waals surface area contributed by atoms with Gasteiger partial charge in [-0.05, 0) is 48.7 Å². The van der Waals surface area contributed by atoms with Crippen LogP contribution in [0.2, 0.25) is 0 Å². The van der Waals surface area contributed by atoms with Crippen LogP contribution in [0.4, 0.5) is 18.9 Å². The fourth-order valence-electron chi connectivity index (χ4n) is 5.73. The predicted molar refractivity (Wildman–Crippen MR) is 157 cm³/mol. The molecular weight excluding hydrogens is 575 g/mol. The molecule has 4 atom stereocenters. The third-order valence-electron chi connectivity index (χ3n) is 7.93. The Hall–Kier alpha value is -3.77. The summed E-state index contributed by atoms with van der Waals surface area (Å²) in [5.74, 6) is -2.66. The van der Waals surface area contributed by atoms with Gasteiger partial charge >= 0.3 is 12.1 Å². The number of halogens is 3. The predicted octanol–water partition coefficient (Wildman–Crippen LogP) is 5.35. The third kappa shape index (κ3) is 7.84. The van der Waals surface area contributed by atoms with Crippen LogP contribution in [-0.4, -0.2) is 65.2 Å². The van der Waals surface area contributed by atoms with Crippen molar-refractivity contribution in [3.63, 3.8) is 0 Å². The van der Waals surface area contributed by atoms with Gasteiger partial charge in [0.2, 0.25) is 5.91 Å². The monoisotopic (exact) mass is 611 g/mol. The molecule has 2 aliphatic rings. The Labute approximate surface area is 254 Å². The van der Waals surface area contributed by atoms with Crippen molar-refractivity contribution in [2.45, 2.75) is 63.1 Å². The Morgan fingerprint density at radius 2 is 1.64 bits per heavy atom. The molecular formula is C33H36F3N3O5. The van der Waals surface area contributed by atoms with E-state index in [9.17, 15) is 27.9 Å². The van der Waals surface area contributed by atoms with Crippen molar-refractivity contribution in [1.29, 1.82) is 0 Å². The number of anilines is 1. The van der Waals surface area contributed by atoms with Gasteiger partial charge in [0.15, 0.2) is 6.29 Å². The van der Waals surface area contributed by atoms with E-state index >= 15 is 0 Å². The van der Waals surface area contributed by atoms with E-state index in [1.807, 2.05) is 49.5 Å². The van der Waals surface area contributed by atoms with Crippen LogP contribution < -0.4 is 5.32 Å². The molecule has 2 amide bonds. The molecule has 4 unspecified atom stereocenters. The second kappa shape index (κ2) is 13.9. The third-order valence-corrected chi connectivity index (χ3v) is 7.93. The molecule has 44 heavy (non-hydrogen) atoms. The van der Waals surface area contributed by atoms with Gasteiger partial charge < -0.3 is 24.8 Å². The van der Waals surface area contributed by atoms with Gasteiger partial charge in [0.25, 0.3) is 0 Å². The van der Waals surface area contributed by atoms with Crippen molar-refractivity contribution in [2.24, 2.45) is 0 Å². The van der Waals surface area contributed by atoms with E-state index in [4.69, 9.17) is 9.47 Å². The maximum Gasteiger partial charge on any atom is 0.471 e. The van der Waals surface area contributed by atoms with Gasteiger partial charge in [-0.2, -0.15) is 13.2 Å². The number of aliphatic hydroxyl groups is 1. The molecule has 0 saturated carbocycles. The number of benzene rings is 3. The zero-order valence-corrected chi connectivity index (χ0v) is 24.4. The lowest BCUT2D eigenvalue weighted by molar-refractivity contribution is -0.252. The summed E-state index contributed by atoms with van der Waals surface area (Å²) in [5, 5.41) is 12.1. The molecule has 2 heterocycles. The molecule has 5 rings (SSSR count). The maximum atomic E-state index is 13.0. The van der Waals surface area contributed by atoms with Gasteiger partial charge in [0, 0.05) is 37.3 Å². The molecule has 234 valence electrons. The Morgan fingerprint density at radius 1 is 0.955 bits per heavy atom. The highest BCUT2D eigenvalue weighted by Gasteiger charge is 2.47. The normalized spacial score (nSPS) is 22.3. The Bertz CT molecular complexity index is 1400. The minimum atomic E-state index is -5.03. The SMILES string of the molecule is CN(Cc1ccccc1)CC1CC(c2ccc(CO)cc2)OC(c2ccc(NC(=O)C3CCCN3C(=O)C(F)(F)F)cc2)O1. The van der Waals surface area contributed by atoms with Crippen LogP contribution in [0.25, 0.3) is 0 Å². The molecule has 0 spiro atoms. The first-order valence-electron chi connectivity index (χ1n) is 14.6. The number of likely N-dealkylation sites (tertiary alicyclic amines) is 1. The number of hydrogen-bond donors (Lipinski definition) is 2. The second-order valence-corrected chi connectivity index (χ2v) is 11.3. The van der Waals surface area contributed by atoms with Crippen LogP contribution in [0.5, 0.6) is 0 Å². The molecule has 11 heteroatoms. The van der Waals surface area contributed by atoms with Crippen molar-refractivity contribution in [2.75, 3.05) is 25.5 Å². The number of rotatable bonds is 9. The highest BCUT2D eigenvalue weighted by molar-refractivity contribution is 5.98. The van der Waals surface area contributed by atoms with Crippen molar-refractivity contribution in [3.05, 3.63) is 101 Å². The summed E-state index contributed by atoms with van der Waals surface area (Å²) in [6.45, 7) is 1.24. The molecule has 2 aliphatic heterocycles. The number of amides is 2. The second-order valence-electron chi connectivity index (χ2n) is 11.3. The number of carbonyl (C=O) groups is 2. The molecule has 0 aromatic heterocycles. The molecule has 2 N–H and O–H groups in total. The summed E-state index contributed by atoms with van der Waals surface area (Å²) >= 11 is 0. The largest absolute Gasteiger partial charge is 0.471 e. The lowest BCUT2D eigenvalue weighted by Gasteiger charge is -2.38. The summed E-state index contributed by atoms with van der Waals surface area (Å²) in [5.41, 5.74) is 4.06. The van der Waals surface area contributed by atoms with Gasteiger partial charge in [-0.15, -0.1) is 0 Å². The van der Waals surface area contributed by atoms with Gasteiger partial charge in [0.1, 0.15) is 6.04 Å². The average Bonchev–Trinajstić information content (AvgIpc) is 3.51. The molecule has 0 radical (unpaired) electrons. The Balaban J connectivity index is 1.28. The first-order chi connectivity index (χ1) is 21.1. The zero-order valence-electron chi connectivity index (χ0n) is 24.4. The molecule has 0 aliphatic carbocycles. The number of aliphatic hydroxyl groups excluding tert-OH is 1. The van der Waals surface area contributed by atoms with Crippen molar-refractivity contribution in [3.8, 4) is 0 Å². The smallest absolute Gasteiger partial charge is 0.392 e. The number of ether oxygens (including phenoxy) is 2. The van der Waals surface area contributed by atoms with E-state index in [0.717, 1.165) is 17.7 Å². The van der Waals surface area contributed by atoms with Crippen LogP contribution in [0.1, 0.15) is 53.9 Å². The number of nitrogens with one attached hydrogen (secondary N) is 1. The van der Waals surface area contributed by atoms with Crippen molar-refractivity contribution >= 4 is 17.5 Å². The van der Waals surface area contributed by atoms with E-state index in [1.54, 1.807) is 24.3 Å². The minimum Gasteiger partial charge on any atom is -0.392 e. The number of alkyl halides is 3. The first kappa shape index (κ1) is 31.6. The number of nitrogens with zero attached hydrogens (tertiary/aromatic N) is 2. The van der Waals surface area contributed by atoms with E-state index in [1.165, 1.54) is 5.56 Å². The van der Waals surface area contributed by atoms with E-state index < -0.39 is 30.3 Å². The number of likely N-dealkylation sites (N-methyl/N-ethyl adjacent to an activating group) is 1. The van der Waals surface area contributed by atoms with Crippen LogP contribution in [-0.2, 0) is 32.2 Å². The quantitative estimate of drug-likeness (QED) is 0.339. The summed E-state index contributed by atoms with van der Waals surface area (Å²) < 4.78 is 51.8. The van der Waals surface area contributed by atoms with Gasteiger partial charge in [-0.3, -0.25) is 14.5 Å². The number of carbonyl (C=O) groups excluding carboxylic acids is 2. The van der Waals surface area contributed by atoms with Crippen LogP contribution in [0.3, 0.4) is 0 Å². The standard InChI is InChI=1S/C33H36F3N3O5/c1-38(19-22-6-3-2-4-7-22)20-27-18-29(24-11-9-23(21-40)10-12-24)44-31(43-27)25-13-15-26(16-14-25)37-30(41)28-8-5-17-39(28)32(42)33(34,35)36/h2-4,6-7,9-16,27-29,31,40H,5,8,17-21H2,1H3,(H,37,41). The Kier molecular flexibility index (Phi) is 10.00. The highest BCUT2D eigenvalue weighted by atomic mass is 19.4.